The van der Waals surface area contributed by atoms with E-state index in [0.717, 1.165) is 41.6 Å². The van der Waals surface area contributed by atoms with E-state index in [1.165, 1.54) is 17.7 Å². The maximum atomic E-state index is 13.5. The minimum Gasteiger partial charge on any atom is -0.481 e. The number of nitrogens with zero attached hydrogens (tertiary/aromatic N) is 3. The Bertz CT molecular complexity index is 1290. The van der Waals surface area contributed by atoms with Crippen LogP contribution in [0.5, 0.6) is 0 Å². The van der Waals surface area contributed by atoms with Crippen LogP contribution >= 0.6 is 0 Å². The number of rotatable bonds is 5. The fourth-order valence-corrected chi connectivity index (χ4v) is 6.71. The summed E-state index contributed by atoms with van der Waals surface area (Å²) in [4.78, 5) is 31.8. The predicted molar refractivity (Wildman–Crippen MR) is 125 cm³/mol. The molecule has 1 amide bonds. The highest BCUT2D eigenvalue weighted by molar-refractivity contribution is 5.84. The number of hydrogen-bond donors (Lipinski definition) is 1. The largest absolute Gasteiger partial charge is 0.481 e. The summed E-state index contributed by atoms with van der Waals surface area (Å²) < 4.78 is 15.6. The first-order valence-electron chi connectivity index (χ1n) is 12.1. The van der Waals surface area contributed by atoms with Crippen LogP contribution in [0.4, 0.5) is 4.39 Å². The van der Waals surface area contributed by atoms with Crippen LogP contribution in [-0.4, -0.2) is 38.0 Å². The molecule has 0 spiro atoms. The summed E-state index contributed by atoms with van der Waals surface area (Å²) in [7, 11) is 0. The molecule has 34 heavy (non-hydrogen) atoms. The molecule has 2 saturated carbocycles. The van der Waals surface area contributed by atoms with Gasteiger partial charge in [-0.15, -0.1) is 0 Å². The number of fused-ring (bicyclic) bond motifs is 5. The van der Waals surface area contributed by atoms with Gasteiger partial charge in [-0.05, 0) is 79.3 Å². The molecule has 1 N–H and O–H groups in total. The Kier molecular flexibility index (Phi) is 4.80. The third-order valence-electron chi connectivity index (χ3n) is 8.58. The first kappa shape index (κ1) is 21.3. The Morgan fingerprint density at radius 1 is 1.09 bits per heavy atom. The summed E-state index contributed by atoms with van der Waals surface area (Å²) in [5, 5.41) is 10.8. The van der Waals surface area contributed by atoms with Crippen LogP contribution in [-0.2, 0) is 29.1 Å². The number of carbonyl (C=O) groups excluding carboxylic acids is 1. The van der Waals surface area contributed by atoms with Gasteiger partial charge >= 0.3 is 5.97 Å². The molecule has 176 valence electrons. The standard InChI is InChI=1S/C27H28FN3O3/c28-19-5-3-18(4-6-19)15-31-22-16-30(13-7-20(22)21-2-1-12-29-24(21)31)23(32)14-26-8-10-27(17-26,11-9-26)25(33)34/h1-6,12H,7-11,13-17H2,(H,33,34). The van der Waals surface area contributed by atoms with Crippen molar-refractivity contribution in [3.63, 3.8) is 0 Å². The molecule has 0 radical (unpaired) electrons. The fraction of sp³-hybridized carbons (Fsp3) is 0.444. The van der Waals surface area contributed by atoms with E-state index in [2.05, 4.69) is 15.6 Å². The summed E-state index contributed by atoms with van der Waals surface area (Å²) >= 11 is 0. The number of pyridine rings is 1. The number of carboxylic acid groups (broad SMARTS) is 1. The molecular formula is C27H28FN3O3. The number of carboxylic acids is 1. The number of carbonyl (C=O) groups is 2. The zero-order valence-electron chi connectivity index (χ0n) is 19.1. The molecule has 2 aliphatic carbocycles. The molecule has 0 atom stereocenters. The van der Waals surface area contributed by atoms with Crippen LogP contribution in [0, 0.1) is 16.6 Å². The van der Waals surface area contributed by atoms with Gasteiger partial charge < -0.3 is 14.6 Å². The second kappa shape index (κ2) is 7.65. The Morgan fingerprint density at radius 2 is 1.85 bits per heavy atom. The van der Waals surface area contributed by atoms with Crippen molar-refractivity contribution < 1.29 is 19.1 Å². The minimum atomic E-state index is -0.695. The van der Waals surface area contributed by atoms with Gasteiger partial charge in [-0.25, -0.2) is 9.37 Å². The van der Waals surface area contributed by atoms with Gasteiger partial charge in [0, 0.05) is 36.8 Å². The van der Waals surface area contributed by atoms with Crippen LogP contribution in [0.3, 0.4) is 0 Å². The normalized spacial score (nSPS) is 25.6. The molecule has 1 aliphatic heterocycles. The second-order valence-corrected chi connectivity index (χ2v) is 10.5. The molecule has 0 unspecified atom stereocenters. The third kappa shape index (κ3) is 3.32. The molecule has 1 aromatic carbocycles. The van der Waals surface area contributed by atoms with E-state index >= 15 is 0 Å². The molecule has 3 aromatic rings. The van der Waals surface area contributed by atoms with Crippen molar-refractivity contribution in [3.05, 3.63) is 65.2 Å². The van der Waals surface area contributed by atoms with Crippen LogP contribution < -0.4 is 0 Å². The molecular weight excluding hydrogens is 433 g/mol. The minimum absolute atomic E-state index is 0.125. The first-order chi connectivity index (χ1) is 16.4. The Morgan fingerprint density at radius 3 is 2.56 bits per heavy atom. The topological polar surface area (TPSA) is 75.4 Å². The molecule has 2 fully saturated rings. The van der Waals surface area contributed by atoms with Crippen molar-refractivity contribution in [2.75, 3.05) is 6.54 Å². The van der Waals surface area contributed by atoms with E-state index in [-0.39, 0.29) is 17.1 Å². The molecule has 3 heterocycles. The Labute approximate surface area is 197 Å². The predicted octanol–water partition coefficient (Wildman–Crippen LogP) is 4.53. The number of aliphatic carboxylic acids is 1. The van der Waals surface area contributed by atoms with E-state index in [4.69, 9.17) is 0 Å². The summed E-state index contributed by atoms with van der Waals surface area (Å²) in [5.41, 5.74) is 3.44. The van der Waals surface area contributed by atoms with Crippen molar-refractivity contribution in [2.45, 2.75) is 58.0 Å². The van der Waals surface area contributed by atoms with Crippen LogP contribution in [0.1, 0.15) is 55.3 Å². The van der Waals surface area contributed by atoms with Gasteiger partial charge in [0.05, 0.1) is 12.0 Å². The molecule has 7 heteroatoms. The van der Waals surface area contributed by atoms with Crippen LogP contribution in [0.2, 0.25) is 0 Å². The number of hydrogen-bond acceptors (Lipinski definition) is 3. The second-order valence-electron chi connectivity index (χ2n) is 10.5. The summed E-state index contributed by atoms with van der Waals surface area (Å²) in [5.74, 6) is -0.830. The Balaban J connectivity index is 1.27. The van der Waals surface area contributed by atoms with Gasteiger partial charge in [0.25, 0.3) is 0 Å². The lowest BCUT2D eigenvalue weighted by atomic mass is 9.80. The van der Waals surface area contributed by atoms with E-state index in [9.17, 15) is 19.1 Å². The molecule has 0 saturated heterocycles. The zero-order valence-corrected chi connectivity index (χ0v) is 19.1. The maximum Gasteiger partial charge on any atom is 0.309 e. The first-order valence-corrected chi connectivity index (χ1v) is 12.1. The average molecular weight is 462 g/mol. The van der Waals surface area contributed by atoms with Crippen molar-refractivity contribution in [3.8, 4) is 0 Å². The smallest absolute Gasteiger partial charge is 0.309 e. The van der Waals surface area contributed by atoms with Gasteiger partial charge in [-0.3, -0.25) is 9.59 Å². The van der Waals surface area contributed by atoms with Crippen molar-refractivity contribution in [1.29, 1.82) is 0 Å². The molecule has 6 nitrogen and oxygen atoms in total. The lowest BCUT2D eigenvalue weighted by molar-refractivity contribution is -0.148. The van der Waals surface area contributed by atoms with Gasteiger partial charge in [0.1, 0.15) is 11.5 Å². The number of halogens is 1. The van der Waals surface area contributed by atoms with Crippen LogP contribution in [0.15, 0.2) is 42.6 Å². The third-order valence-corrected chi connectivity index (χ3v) is 8.58. The van der Waals surface area contributed by atoms with Gasteiger partial charge in [-0.1, -0.05) is 12.1 Å². The number of benzene rings is 1. The zero-order chi connectivity index (χ0) is 23.5. The lowest BCUT2D eigenvalue weighted by Gasteiger charge is -2.33. The van der Waals surface area contributed by atoms with Crippen molar-refractivity contribution in [2.24, 2.45) is 10.8 Å². The summed E-state index contributed by atoms with van der Waals surface area (Å²) in [6.45, 7) is 1.75. The number of amides is 1. The molecule has 6 rings (SSSR count). The number of aromatic nitrogens is 2. The van der Waals surface area contributed by atoms with Crippen molar-refractivity contribution in [1.82, 2.24) is 14.5 Å². The van der Waals surface area contributed by atoms with Gasteiger partial charge in [0.15, 0.2) is 0 Å². The lowest BCUT2D eigenvalue weighted by Crippen LogP contribution is -2.39. The van der Waals surface area contributed by atoms with Crippen molar-refractivity contribution >= 4 is 22.9 Å². The van der Waals surface area contributed by atoms with Gasteiger partial charge in [0.2, 0.25) is 5.91 Å². The monoisotopic (exact) mass is 461 g/mol. The quantitative estimate of drug-likeness (QED) is 0.606. The molecule has 3 aliphatic rings. The van der Waals surface area contributed by atoms with E-state index in [1.807, 2.05) is 11.0 Å². The van der Waals surface area contributed by atoms with E-state index < -0.39 is 11.4 Å². The highest BCUT2D eigenvalue weighted by Crippen LogP contribution is 2.63. The molecule has 2 aromatic heterocycles. The highest BCUT2D eigenvalue weighted by Gasteiger charge is 2.58. The maximum absolute atomic E-state index is 13.5. The van der Waals surface area contributed by atoms with E-state index in [1.54, 1.807) is 18.3 Å². The molecule has 2 bridgehead atoms. The summed E-state index contributed by atoms with van der Waals surface area (Å²) in [6.07, 6.45) is 6.67. The summed E-state index contributed by atoms with van der Waals surface area (Å²) in [6, 6.07) is 10.5. The highest BCUT2D eigenvalue weighted by atomic mass is 19.1. The van der Waals surface area contributed by atoms with Gasteiger partial charge in [-0.2, -0.15) is 0 Å². The Hall–Kier alpha value is -3.22. The average Bonchev–Trinajstić information content (AvgIpc) is 3.50. The fourth-order valence-electron chi connectivity index (χ4n) is 6.71. The SMILES string of the molecule is O=C(CC12CCC(C(=O)O)(CC1)C2)N1CCc2c(n(Cc3ccc(F)cc3)c3ncccc23)C1. The van der Waals surface area contributed by atoms with E-state index in [0.29, 0.717) is 45.3 Å². The van der Waals surface area contributed by atoms with Crippen LogP contribution in [0.25, 0.3) is 11.0 Å².